The van der Waals surface area contributed by atoms with Crippen molar-refractivity contribution < 1.29 is 9.47 Å². The molecule has 37 heavy (non-hydrogen) atoms. The summed E-state index contributed by atoms with van der Waals surface area (Å²) in [6, 6.07) is 15.6. The highest BCUT2D eigenvalue weighted by Crippen LogP contribution is 2.65. The first-order valence-corrected chi connectivity index (χ1v) is 18.1. The fraction of sp³-hybridized carbons (Fsp3) is 0.538. The van der Waals surface area contributed by atoms with E-state index in [0.29, 0.717) is 9.65 Å². The van der Waals surface area contributed by atoms with Gasteiger partial charge in [-0.2, -0.15) is 0 Å². The molecule has 0 spiro atoms. The van der Waals surface area contributed by atoms with Gasteiger partial charge in [-0.1, -0.05) is 155 Å². The van der Waals surface area contributed by atoms with E-state index in [1.807, 2.05) is 48.5 Å². The molecule has 1 fully saturated rings. The van der Waals surface area contributed by atoms with Gasteiger partial charge in [0.2, 0.25) is 3.79 Å². The Bertz CT molecular complexity index is 973. The third kappa shape index (κ3) is 6.58. The molecule has 2 aromatic rings. The maximum Gasteiger partial charge on any atom is 0.205 e. The number of alkyl halides is 9. The summed E-state index contributed by atoms with van der Waals surface area (Å²) < 4.78 is 8.32. The van der Waals surface area contributed by atoms with Crippen molar-refractivity contribution in [2.75, 3.05) is 14.2 Å². The van der Waals surface area contributed by atoms with E-state index in [2.05, 4.69) is 95.6 Å². The maximum atomic E-state index is 7.16. The summed E-state index contributed by atoms with van der Waals surface area (Å²) in [4.78, 5) is 0.460. The zero-order valence-corrected chi connectivity index (χ0v) is 31.8. The van der Waals surface area contributed by atoms with Gasteiger partial charge < -0.3 is 9.47 Å². The number of ether oxygens (including phenoxy) is 2. The van der Waals surface area contributed by atoms with Crippen LogP contribution >= 0.6 is 130 Å². The van der Waals surface area contributed by atoms with Gasteiger partial charge in [0.15, 0.2) is 0 Å². The molecule has 6 atom stereocenters. The van der Waals surface area contributed by atoms with E-state index >= 15 is 0 Å². The molecule has 2 aromatic carbocycles. The average Bonchev–Trinajstić information content (AvgIpc) is 2.88. The van der Waals surface area contributed by atoms with Crippen molar-refractivity contribution in [3.05, 3.63) is 59.7 Å². The highest BCUT2D eigenvalue weighted by molar-refractivity contribution is 9.15. The minimum absolute atomic E-state index is 0.0630. The number of methoxy groups -OCH3 is 2. The van der Waals surface area contributed by atoms with Crippen LogP contribution in [0.15, 0.2) is 48.5 Å². The molecule has 206 valence electrons. The van der Waals surface area contributed by atoms with Gasteiger partial charge in [0.05, 0.1) is 24.0 Å². The molecule has 11 heteroatoms. The SMILES string of the molecule is COc1ccc(C(c2ccc(OC)cc2)(C(Cl)(Cl)Cl)C2(Br)C(Br)CCC(Br)C(Br)CCC(Br)C2Br)cc1. The fourth-order valence-corrected chi connectivity index (χ4v) is 12.1. The molecule has 1 aliphatic carbocycles. The summed E-state index contributed by atoms with van der Waals surface area (Å²) >= 11 is 45.7. The molecule has 2 nitrogen and oxygen atoms in total. The van der Waals surface area contributed by atoms with Crippen molar-refractivity contribution >= 4 is 130 Å². The van der Waals surface area contributed by atoms with E-state index in [1.54, 1.807) is 14.2 Å². The van der Waals surface area contributed by atoms with E-state index in [9.17, 15) is 0 Å². The van der Waals surface area contributed by atoms with Gasteiger partial charge in [0.1, 0.15) is 11.5 Å². The van der Waals surface area contributed by atoms with Crippen molar-refractivity contribution in [1.82, 2.24) is 0 Å². The summed E-state index contributed by atoms with van der Waals surface area (Å²) in [5.74, 6) is 1.45. The third-order valence-electron chi connectivity index (χ3n) is 7.03. The molecule has 0 bridgehead atoms. The second-order valence-electron chi connectivity index (χ2n) is 9.04. The first-order chi connectivity index (χ1) is 17.3. The van der Waals surface area contributed by atoms with Crippen LogP contribution in [0.1, 0.15) is 36.8 Å². The lowest BCUT2D eigenvalue weighted by Crippen LogP contribution is -2.66. The standard InChI is InChI=1S/C26H27Br6Cl3O2/c1-36-17-7-3-15(4-8-17)24(26(33,34)35,16-5-9-18(37-2)10-6-16)25(32)22(30)14-13-20(28)19(27)11-12-21(29)23(25)31/h3-10,19-23H,11-14H2,1-2H3. The normalized spacial score (nSPS) is 30.0. The lowest BCUT2D eigenvalue weighted by molar-refractivity contribution is 0.336. The van der Waals surface area contributed by atoms with Crippen molar-refractivity contribution in [3.63, 3.8) is 0 Å². The van der Waals surface area contributed by atoms with Gasteiger partial charge in [-0.15, -0.1) is 0 Å². The third-order valence-corrected chi connectivity index (χ3v) is 17.9. The number of hydrogen-bond acceptors (Lipinski definition) is 2. The number of benzene rings is 2. The molecular formula is C26H27Br6Cl3O2. The molecule has 0 amide bonds. The van der Waals surface area contributed by atoms with Crippen LogP contribution in [-0.4, -0.2) is 46.5 Å². The second kappa shape index (κ2) is 13.8. The molecule has 3 rings (SSSR count). The first kappa shape index (κ1) is 33.3. The van der Waals surface area contributed by atoms with E-state index < -0.39 is 13.5 Å². The molecule has 0 N–H and O–H groups in total. The van der Waals surface area contributed by atoms with Crippen LogP contribution in [0.25, 0.3) is 0 Å². The van der Waals surface area contributed by atoms with Crippen molar-refractivity contribution in [1.29, 1.82) is 0 Å². The summed E-state index contributed by atoms with van der Waals surface area (Å²) in [6.07, 6.45) is 3.63. The van der Waals surface area contributed by atoms with Gasteiger partial charge in [0, 0.05) is 24.1 Å². The number of hydrogen-bond donors (Lipinski definition) is 0. The smallest absolute Gasteiger partial charge is 0.205 e. The molecule has 0 saturated heterocycles. The van der Waals surface area contributed by atoms with Crippen LogP contribution in [0.2, 0.25) is 0 Å². The van der Waals surface area contributed by atoms with Crippen LogP contribution < -0.4 is 9.47 Å². The Labute approximate surface area is 285 Å². The highest BCUT2D eigenvalue weighted by Gasteiger charge is 2.68. The quantitative estimate of drug-likeness (QED) is 0.278. The predicted octanol–water partition coefficient (Wildman–Crippen LogP) is 10.9. The Hall–Kier alpha value is 1.79. The Morgan fingerprint density at radius 2 is 1.05 bits per heavy atom. The van der Waals surface area contributed by atoms with Crippen LogP contribution in [0.5, 0.6) is 11.5 Å². The fourth-order valence-electron chi connectivity index (χ4n) is 5.06. The molecule has 1 saturated carbocycles. The minimum atomic E-state index is -1.78. The topological polar surface area (TPSA) is 18.5 Å². The maximum absolute atomic E-state index is 7.16. The van der Waals surface area contributed by atoms with E-state index in [0.717, 1.165) is 48.3 Å². The summed E-state index contributed by atoms with van der Waals surface area (Å²) in [7, 11) is 3.28. The van der Waals surface area contributed by atoms with E-state index in [-0.39, 0.29) is 14.5 Å². The Morgan fingerprint density at radius 1 is 0.676 bits per heavy atom. The van der Waals surface area contributed by atoms with Gasteiger partial charge in [0.25, 0.3) is 0 Å². The van der Waals surface area contributed by atoms with Crippen LogP contribution in [0, 0.1) is 0 Å². The largest absolute Gasteiger partial charge is 0.497 e. The molecule has 1 aliphatic rings. The van der Waals surface area contributed by atoms with Crippen LogP contribution in [0.4, 0.5) is 0 Å². The second-order valence-corrected chi connectivity index (χ2v) is 18.3. The zero-order chi connectivity index (χ0) is 27.6. The molecule has 0 aliphatic heterocycles. The Balaban J connectivity index is 2.40. The van der Waals surface area contributed by atoms with Gasteiger partial charge >= 0.3 is 0 Å². The molecule has 0 aromatic heterocycles. The first-order valence-electron chi connectivity index (χ1n) is 11.6. The van der Waals surface area contributed by atoms with Gasteiger partial charge in [-0.05, 0) is 61.1 Å². The predicted molar refractivity (Wildman–Crippen MR) is 181 cm³/mol. The van der Waals surface area contributed by atoms with Crippen molar-refractivity contribution in [2.24, 2.45) is 0 Å². The van der Waals surface area contributed by atoms with Crippen molar-refractivity contribution in [2.45, 2.75) is 63.4 Å². The summed E-state index contributed by atoms with van der Waals surface area (Å²) in [6.45, 7) is 0. The lowest BCUT2D eigenvalue weighted by Gasteiger charge is -2.57. The van der Waals surface area contributed by atoms with Crippen LogP contribution in [-0.2, 0) is 5.41 Å². The van der Waals surface area contributed by atoms with E-state index in [4.69, 9.17) is 44.3 Å². The molecule has 0 heterocycles. The van der Waals surface area contributed by atoms with Crippen LogP contribution in [0.3, 0.4) is 0 Å². The number of rotatable bonds is 5. The summed E-state index contributed by atoms with van der Waals surface area (Å²) in [5.41, 5.74) is 0.524. The molecule has 6 unspecified atom stereocenters. The zero-order valence-electron chi connectivity index (χ0n) is 20.1. The minimum Gasteiger partial charge on any atom is -0.497 e. The molecule has 0 radical (unpaired) electrons. The van der Waals surface area contributed by atoms with Crippen molar-refractivity contribution in [3.8, 4) is 11.5 Å². The van der Waals surface area contributed by atoms with Gasteiger partial charge in [-0.3, -0.25) is 0 Å². The average molecular weight is 957 g/mol. The lowest BCUT2D eigenvalue weighted by atomic mass is 9.63. The van der Waals surface area contributed by atoms with Gasteiger partial charge in [-0.25, -0.2) is 0 Å². The van der Waals surface area contributed by atoms with E-state index in [1.165, 1.54) is 0 Å². The molecular weight excluding hydrogens is 930 g/mol. The number of halogens is 9. The highest BCUT2D eigenvalue weighted by atomic mass is 79.9. The Morgan fingerprint density at radius 3 is 1.43 bits per heavy atom. The monoisotopic (exact) mass is 950 g/mol. The summed E-state index contributed by atoms with van der Waals surface area (Å²) in [5, 5.41) is 0. The Kier molecular flexibility index (Phi) is 12.5.